The molecule has 62 heavy (non-hydrogen) atoms. The Morgan fingerprint density at radius 2 is 1.69 bits per heavy atom. The number of nitrogens with zero attached hydrogens (tertiary/aromatic N) is 4. The lowest BCUT2D eigenvalue weighted by Crippen LogP contribution is -2.46. The highest BCUT2D eigenvalue weighted by Crippen LogP contribution is 2.61. The van der Waals surface area contributed by atoms with Gasteiger partial charge in [0.2, 0.25) is 11.8 Å². The average molecular weight is 962 g/mol. The van der Waals surface area contributed by atoms with Gasteiger partial charge >= 0.3 is 23.5 Å². The van der Waals surface area contributed by atoms with E-state index in [0.717, 1.165) is 34.5 Å². The van der Waals surface area contributed by atoms with Crippen LogP contribution < -0.4 is 16.4 Å². The van der Waals surface area contributed by atoms with Crippen molar-refractivity contribution in [2.75, 3.05) is 37.8 Å². The maximum atomic E-state index is 13.0. The number of aliphatic hydroxyl groups excluding tert-OH is 3. The number of nitrogen functional groups attached to an aromatic ring is 1. The van der Waals surface area contributed by atoms with Gasteiger partial charge in [0.05, 0.1) is 25.6 Å². The molecule has 1 saturated heterocycles. The van der Waals surface area contributed by atoms with E-state index in [-0.39, 0.29) is 59.6 Å². The molecule has 2 amide bonds. The quantitative estimate of drug-likeness (QED) is 0.0423. The normalized spacial score (nSPS) is 21.2. The second kappa shape index (κ2) is 22.0. The number of ether oxygens (including phenoxy) is 1. The minimum Gasteiger partial charge on any atom is -0.393 e. The van der Waals surface area contributed by atoms with Crippen LogP contribution >= 0.6 is 35.2 Å². The zero-order valence-electron chi connectivity index (χ0n) is 32.9. The first-order valence-electron chi connectivity index (χ1n) is 18.3. The molecule has 0 radical (unpaired) electrons. The van der Waals surface area contributed by atoms with Gasteiger partial charge in [0.25, 0.3) is 0 Å². The minimum absolute atomic E-state index is 0.0195. The Kier molecular flexibility index (Phi) is 18.2. The van der Waals surface area contributed by atoms with Crippen LogP contribution in [0, 0.1) is 11.2 Å². The molecule has 4 rings (SSSR count). The molecule has 8 atom stereocenters. The number of fused-ring (bicyclic) bond motifs is 1. The van der Waals surface area contributed by atoms with Crippen molar-refractivity contribution in [3.05, 3.63) is 48.3 Å². The number of aliphatic hydroxyl groups is 3. The molecule has 0 aliphatic carbocycles. The number of hydrogen-bond donors (Lipinski definition) is 10. The van der Waals surface area contributed by atoms with Crippen molar-refractivity contribution in [1.29, 1.82) is 0 Å². The lowest BCUT2D eigenvalue weighted by Gasteiger charge is -2.30. The predicted octanol–water partition coefficient (Wildman–Crippen LogP) is 0.188. The van der Waals surface area contributed by atoms with Gasteiger partial charge in [0.15, 0.2) is 22.8 Å². The van der Waals surface area contributed by atoms with Crippen LogP contribution in [0.1, 0.15) is 44.9 Å². The van der Waals surface area contributed by atoms with Gasteiger partial charge < -0.3 is 56.0 Å². The number of aryl methyl sites for hydroxylation is 1. The number of nitrogens with one attached hydrogen (secondary N) is 2. The second-order valence-electron chi connectivity index (χ2n) is 14.3. The highest BCUT2D eigenvalue weighted by molar-refractivity contribution is 8.13. The summed E-state index contributed by atoms with van der Waals surface area (Å²) in [5.41, 5.74) is 5.02. The summed E-state index contributed by atoms with van der Waals surface area (Å²) in [4.78, 5) is 88.0. The number of carbonyl (C=O) groups is 3. The fourth-order valence-electron chi connectivity index (χ4n) is 5.63. The van der Waals surface area contributed by atoms with Crippen LogP contribution in [0.2, 0.25) is 0 Å². The van der Waals surface area contributed by atoms with Crippen LogP contribution in [0.15, 0.2) is 36.9 Å². The number of nitrogens with two attached hydrogens (primary N) is 1. The van der Waals surface area contributed by atoms with E-state index in [0.29, 0.717) is 12.8 Å². The van der Waals surface area contributed by atoms with Crippen molar-refractivity contribution >= 4 is 69.1 Å². The van der Waals surface area contributed by atoms with Gasteiger partial charge in [0, 0.05) is 37.1 Å². The van der Waals surface area contributed by atoms with Crippen LogP contribution in [-0.4, -0.2) is 134 Å². The Bertz CT molecular complexity index is 2170. The van der Waals surface area contributed by atoms with E-state index < -0.39 is 90.7 Å². The van der Waals surface area contributed by atoms with Crippen LogP contribution in [0.4, 0.5) is 10.2 Å². The molecule has 0 spiro atoms. The largest absolute Gasteiger partial charge is 0.481 e. The van der Waals surface area contributed by atoms with Crippen molar-refractivity contribution in [3.8, 4) is 0 Å². The van der Waals surface area contributed by atoms with Crippen molar-refractivity contribution in [3.63, 3.8) is 0 Å². The first-order valence-corrected chi connectivity index (χ1v) is 23.8. The number of carbonyl (C=O) groups excluding carboxylic acids is 3. The Morgan fingerprint density at radius 1 is 1.02 bits per heavy atom. The number of rotatable bonds is 24. The van der Waals surface area contributed by atoms with E-state index in [4.69, 9.17) is 19.5 Å². The summed E-state index contributed by atoms with van der Waals surface area (Å²) in [6.45, 7) is 0.240. The number of anilines is 1. The SMILES string of the molecule is CC(C)(COP(=O)(O)OP(=O)(O)OC[C@H]1O[C@@H](n2cnc3c(N)ncnc32)[C@H](O)[C@@H]1OP(=O)(O)O)[C@@H](O)C(=O)NCCC(=O)NCCSC(=O)C[C@H](O)CCc1ccc(F)cc1. The molecule has 2 aromatic heterocycles. The third-order valence-electron chi connectivity index (χ3n) is 8.85. The number of thioether (sulfide) groups is 1. The van der Waals surface area contributed by atoms with Crippen molar-refractivity contribution in [2.24, 2.45) is 5.41 Å². The Hall–Kier alpha value is -3.33. The number of phosphoric ester groups is 3. The van der Waals surface area contributed by atoms with Crippen molar-refractivity contribution < 1.29 is 90.0 Å². The number of benzene rings is 1. The Labute approximate surface area is 356 Å². The standard InChI is InChI=1S/C32H47FN7O18P3S/c1-32(2,27(45)30(46)36-10-9-22(42)35-11-12-62-23(43)13-20(41)8-5-18-3-6-19(33)7-4-18)15-55-61(52,53)58-60(50,51)54-14-21-26(57-59(47,48)49)25(44)31(56-21)40-17-39-24-28(34)37-16-38-29(24)40/h3-4,6-7,16-17,20-21,25-27,31,41,44-45H,5,8-15H2,1-2H3,(H,35,42)(H,36,46)(H,50,51)(H,52,53)(H2,34,37,38)(H2,47,48,49)/t20-,21-,25-,26-,27+,31-/m1/s1. The van der Waals surface area contributed by atoms with Gasteiger partial charge in [-0.3, -0.25) is 32.5 Å². The molecule has 1 aliphatic rings. The topological polar surface area (TPSA) is 384 Å². The molecular weight excluding hydrogens is 914 g/mol. The Balaban J connectivity index is 1.17. The molecule has 0 bridgehead atoms. The fourth-order valence-corrected chi connectivity index (χ4v) is 9.20. The summed E-state index contributed by atoms with van der Waals surface area (Å²) in [7, 11) is -16.5. The summed E-state index contributed by atoms with van der Waals surface area (Å²) in [6.07, 6.45) is -7.34. The molecule has 1 aromatic carbocycles. The first kappa shape index (κ1) is 51.3. The molecule has 1 aliphatic heterocycles. The monoisotopic (exact) mass is 961 g/mol. The third kappa shape index (κ3) is 15.7. The highest BCUT2D eigenvalue weighted by Gasteiger charge is 2.50. The zero-order valence-corrected chi connectivity index (χ0v) is 36.4. The molecule has 0 saturated carbocycles. The molecule has 2 unspecified atom stereocenters. The average Bonchev–Trinajstić information content (AvgIpc) is 3.74. The summed E-state index contributed by atoms with van der Waals surface area (Å²) in [5, 5.41) is 36.2. The van der Waals surface area contributed by atoms with E-state index in [2.05, 4.69) is 34.4 Å². The van der Waals surface area contributed by atoms with Gasteiger partial charge in [-0.05, 0) is 30.5 Å². The third-order valence-corrected chi connectivity index (χ3v) is 12.8. The van der Waals surface area contributed by atoms with Gasteiger partial charge in [-0.25, -0.2) is 33.0 Å². The molecule has 25 nitrogen and oxygen atoms in total. The Morgan fingerprint density at radius 3 is 2.37 bits per heavy atom. The number of imidazole rings is 1. The van der Waals surface area contributed by atoms with Gasteiger partial charge in [-0.15, -0.1) is 0 Å². The molecule has 346 valence electrons. The van der Waals surface area contributed by atoms with E-state index in [9.17, 15) is 67.4 Å². The van der Waals surface area contributed by atoms with Crippen molar-refractivity contribution in [2.45, 2.75) is 76.3 Å². The fraction of sp³-hybridized carbons (Fsp3) is 0.562. The number of amides is 2. The highest BCUT2D eigenvalue weighted by atomic mass is 32.2. The maximum absolute atomic E-state index is 13.0. The molecule has 1 fully saturated rings. The van der Waals surface area contributed by atoms with E-state index in [1.54, 1.807) is 12.1 Å². The van der Waals surface area contributed by atoms with Crippen LogP contribution in [-0.2, 0) is 57.1 Å². The van der Waals surface area contributed by atoms with Crippen molar-refractivity contribution in [1.82, 2.24) is 30.2 Å². The first-order chi connectivity index (χ1) is 28.9. The van der Waals surface area contributed by atoms with Crippen LogP contribution in [0.3, 0.4) is 0 Å². The summed E-state index contributed by atoms with van der Waals surface area (Å²) in [5.74, 6) is -1.74. The van der Waals surface area contributed by atoms with Gasteiger partial charge in [-0.1, -0.05) is 37.7 Å². The molecule has 3 heterocycles. The lowest BCUT2D eigenvalue weighted by atomic mass is 9.87. The molecule has 3 aromatic rings. The second-order valence-corrected chi connectivity index (χ2v) is 19.7. The number of phosphoric acid groups is 3. The van der Waals surface area contributed by atoms with E-state index in [1.807, 2.05) is 0 Å². The smallest absolute Gasteiger partial charge is 0.393 e. The maximum Gasteiger partial charge on any atom is 0.481 e. The zero-order chi connectivity index (χ0) is 46.0. The predicted molar refractivity (Wildman–Crippen MR) is 212 cm³/mol. The number of hydrogen-bond acceptors (Lipinski definition) is 19. The van der Waals surface area contributed by atoms with Crippen LogP contribution in [0.5, 0.6) is 0 Å². The molecule has 30 heteroatoms. The number of halogens is 1. The molecular formula is C32H47FN7O18P3S. The summed E-state index contributed by atoms with van der Waals surface area (Å²) >= 11 is 0.913. The van der Waals surface area contributed by atoms with Gasteiger partial charge in [0.1, 0.15) is 42.1 Å². The molecule has 11 N–H and O–H groups in total. The summed E-state index contributed by atoms with van der Waals surface area (Å²) in [6, 6.07) is 5.80. The summed E-state index contributed by atoms with van der Waals surface area (Å²) < 4.78 is 75.2. The number of aromatic nitrogens is 4. The van der Waals surface area contributed by atoms with E-state index in [1.165, 1.54) is 26.0 Å². The minimum atomic E-state index is -5.60. The van der Waals surface area contributed by atoms with Crippen LogP contribution in [0.25, 0.3) is 11.2 Å². The lowest BCUT2D eigenvalue weighted by molar-refractivity contribution is -0.137. The van der Waals surface area contributed by atoms with Gasteiger partial charge in [-0.2, -0.15) is 4.31 Å². The van der Waals surface area contributed by atoms with E-state index >= 15 is 0 Å².